The molecule has 0 saturated heterocycles. The second-order valence-electron chi connectivity index (χ2n) is 13.9. The molecule has 0 saturated carbocycles. The molecule has 50 heavy (non-hydrogen) atoms. The lowest BCUT2D eigenvalue weighted by molar-refractivity contribution is -0.144. The molecule has 0 radical (unpaired) electrons. The van der Waals surface area contributed by atoms with Crippen molar-refractivity contribution < 1.29 is 23.9 Å². The molecule has 7 nitrogen and oxygen atoms in total. The Kier molecular flexibility index (Phi) is 29.8. The minimum Gasteiger partial charge on any atom is -0.466 e. The van der Waals surface area contributed by atoms with E-state index in [0.717, 1.165) is 88.6 Å². The van der Waals surface area contributed by atoms with Gasteiger partial charge in [0.1, 0.15) is 6.61 Å². The van der Waals surface area contributed by atoms with E-state index in [-0.39, 0.29) is 17.2 Å². The summed E-state index contributed by atoms with van der Waals surface area (Å²) >= 11 is 1.40. The molecule has 286 valence electrons. The topological polar surface area (TPSA) is 76.1 Å². The van der Waals surface area contributed by atoms with Gasteiger partial charge >= 0.3 is 11.9 Å². The van der Waals surface area contributed by atoms with Gasteiger partial charge in [-0.2, -0.15) is 0 Å². The van der Waals surface area contributed by atoms with Gasteiger partial charge in [0.25, 0.3) is 5.24 Å². The van der Waals surface area contributed by atoms with Crippen molar-refractivity contribution in [3.8, 4) is 0 Å². The molecule has 0 aliphatic rings. The number of thioether (sulfide) groups is 1. The van der Waals surface area contributed by atoms with Gasteiger partial charge in [-0.15, -0.1) is 0 Å². The fraction of sp³-hybridized carbons (Fsp3) is 0.738. The van der Waals surface area contributed by atoms with Gasteiger partial charge in [0.2, 0.25) is 0 Å². The number of ether oxygens (including phenoxy) is 2. The molecule has 1 amide bonds. The monoisotopic (exact) mass is 717 g/mol. The standard InChI is InChI=1S/C42H72N2O5S/c1-5-7-9-11-13-18-22-34-48-40(45)26-20-16-15-17-21-32-44(42(47)50-36-33-43(3)4)37-39-30-28-38(29-31-39)25-24-27-41(46)49-35-23-19-14-12-10-8-6-2/h19,23,28-31H,5-18,20-22,24-27,32-37H2,1-4H3/b23-19-. The molecule has 0 aliphatic heterocycles. The van der Waals surface area contributed by atoms with Crippen molar-refractivity contribution in [1.29, 1.82) is 0 Å². The van der Waals surface area contributed by atoms with Gasteiger partial charge in [0.05, 0.1) is 6.61 Å². The summed E-state index contributed by atoms with van der Waals surface area (Å²) in [5.74, 6) is 0.561. The van der Waals surface area contributed by atoms with E-state index < -0.39 is 0 Å². The number of amides is 1. The second kappa shape index (κ2) is 32.6. The third kappa shape index (κ3) is 27.4. The molecule has 0 N–H and O–H groups in total. The summed E-state index contributed by atoms with van der Waals surface area (Å²) in [5.41, 5.74) is 2.31. The maximum absolute atomic E-state index is 13.2. The molecular formula is C42H72N2O5S. The summed E-state index contributed by atoms with van der Waals surface area (Å²) < 4.78 is 10.8. The van der Waals surface area contributed by atoms with Crippen molar-refractivity contribution in [2.24, 2.45) is 0 Å². The number of allylic oxidation sites excluding steroid dienone is 1. The highest BCUT2D eigenvalue weighted by atomic mass is 32.2. The van der Waals surface area contributed by atoms with E-state index in [1.807, 2.05) is 25.1 Å². The average molecular weight is 717 g/mol. The summed E-state index contributed by atoms with van der Waals surface area (Å²) in [7, 11) is 4.05. The van der Waals surface area contributed by atoms with Crippen LogP contribution in [0.4, 0.5) is 4.79 Å². The number of rotatable bonds is 32. The zero-order valence-electron chi connectivity index (χ0n) is 32.4. The fourth-order valence-corrected chi connectivity index (χ4v) is 6.59. The van der Waals surface area contributed by atoms with Crippen molar-refractivity contribution in [3.63, 3.8) is 0 Å². The number of nitrogens with zero attached hydrogens (tertiary/aromatic N) is 2. The van der Waals surface area contributed by atoms with Crippen LogP contribution in [0.1, 0.15) is 153 Å². The lowest BCUT2D eigenvalue weighted by Crippen LogP contribution is -2.29. The molecule has 8 heteroatoms. The highest BCUT2D eigenvalue weighted by Gasteiger charge is 2.15. The van der Waals surface area contributed by atoms with E-state index in [0.29, 0.717) is 32.6 Å². The number of carbonyl (C=O) groups excluding carboxylic acids is 3. The van der Waals surface area contributed by atoms with E-state index in [4.69, 9.17) is 9.47 Å². The maximum Gasteiger partial charge on any atom is 0.306 e. The van der Waals surface area contributed by atoms with Crippen molar-refractivity contribution in [3.05, 3.63) is 47.5 Å². The Hall–Kier alpha value is -2.32. The summed E-state index contributed by atoms with van der Waals surface area (Å²) in [6, 6.07) is 8.44. The van der Waals surface area contributed by atoms with Crippen LogP contribution in [0.25, 0.3) is 0 Å². The first-order chi connectivity index (χ1) is 24.3. The summed E-state index contributed by atoms with van der Waals surface area (Å²) in [6.45, 7) is 7.55. The third-order valence-corrected chi connectivity index (χ3v) is 9.71. The lowest BCUT2D eigenvalue weighted by atomic mass is 10.1. The van der Waals surface area contributed by atoms with E-state index >= 15 is 0 Å². The Labute approximate surface area is 310 Å². The van der Waals surface area contributed by atoms with Gasteiger partial charge in [0, 0.05) is 38.2 Å². The van der Waals surface area contributed by atoms with Gasteiger partial charge in [-0.3, -0.25) is 14.4 Å². The smallest absolute Gasteiger partial charge is 0.306 e. The predicted octanol–water partition coefficient (Wildman–Crippen LogP) is 10.9. The number of benzene rings is 1. The molecule has 0 aromatic heterocycles. The Balaban J connectivity index is 2.34. The minimum absolute atomic E-state index is 0.0669. The fourth-order valence-electron chi connectivity index (χ4n) is 5.62. The molecule has 0 aliphatic carbocycles. The van der Waals surface area contributed by atoms with Crippen molar-refractivity contribution in [1.82, 2.24) is 9.80 Å². The zero-order chi connectivity index (χ0) is 36.5. The number of unbranched alkanes of at least 4 members (excludes halogenated alkanes) is 14. The Morgan fingerprint density at radius 2 is 1.22 bits per heavy atom. The first kappa shape index (κ1) is 45.7. The highest BCUT2D eigenvalue weighted by Crippen LogP contribution is 2.17. The van der Waals surface area contributed by atoms with Crippen LogP contribution in [0.3, 0.4) is 0 Å². The number of carbonyl (C=O) groups is 3. The van der Waals surface area contributed by atoms with Crippen molar-refractivity contribution in [2.75, 3.05) is 46.2 Å². The first-order valence-corrected chi connectivity index (χ1v) is 20.9. The Morgan fingerprint density at radius 1 is 0.640 bits per heavy atom. The molecule has 0 atom stereocenters. The van der Waals surface area contributed by atoms with Crippen LogP contribution in [0.2, 0.25) is 0 Å². The van der Waals surface area contributed by atoms with Crippen LogP contribution in [0.15, 0.2) is 36.4 Å². The van der Waals surface area contributed by atoms with Crippen molar-refractivity contribution >= 4 is 28.9 Å². The normalized spacial score (nSPS) is 11.4. The average Bonchev–Trinajstić information content (AvgIpc) is 3.10. The van der Waals surface area contributed by atoms with E-state index in [1.165, 1.54) is 75.1 Å². The van der Waals surface area contributed by atoms with Crippen LogP contribution in [-0.2, 0) is 32.0 Å². The van der Waals surface area contributed by atoms with E-state index in [2.05, 4.69) is 49.1 Å². The molecule has 0 heterocycles. The Bertz CT molecular complexity index is 1010. The van der Waals surface area contributed by atoms with Gasteiger partial charge in [0.15, 0.2) is 0 Å². The maximum atomic E-state index is 13.2. The molecule has 1 rings (SSSR count). The Morgan fingerprint density at radius 3 is 1.92 bits per heavy atom. The molecule has 1 aromatic carbocycles. The molecule has 0 unspecified atom stereocenters. The lowest BCUT2D eigenvalue weighted by Gasteiger charge is -2.23. The molecular weight excluding hydrogens is 645 g/mol. The summed E-state index contributed by atoms with van der Waals surface area (Å²) in [5, 5.41) is 0.129. The van der Waals surface area contributed by atoms with Gasteiger partial charge in [-0.1, -0.05) is 139 Å². The van der Waals surface area contributed by atoms with Crippen LogP contribution in [-0.4, -0.2) is 73.1 Å². The summed E-state index contributed by atoms with van der Waals surface area (Å²) in [6.07, 6.45) is 26.1. The second-order valence-corrected chi connectivity index (χ2v) is 14.9. The molecule has 0 bridgehead atoms. The van der Waals surface area contributed by atoms with Crippen LogP contribution in [0, 0.1) is 0 Å². The largest absolute Gasteiger partial charge is 0.466 e. The van der Waals surface area contributed by atoms with E-state index in [9.17, 15) is 14.4 Å². The van der Waals surface area contributed by atoms with Gasteiger partial charge < -0.3 is 19.3 Å². The molecule has 1 aromatic rings. The van der Waals surface area contributed by atoms with Crippen LogP contribution >= 0.6 is 11.8 Å². The minimum atomic E-state index is -0.144. The predicted molar refractivity (Wildman–Crippen MR) is 212 cm³/mol. The van der Waals surface area contributed by atoms with Crippen LogP contribution < -0.4 is 0 Å². The van der Waals surface area contributed by atoms with Crippen molar-refractivity contribution in [2.45, 2.75) is 155 Å². The van der Waals surface area contributed by atoms with Gasteiger partial charge in [-0.05, 0) is 70.2 Å². The highest BCUT2D eigenvalue weighted by molar-refractivity contribution is 8.13. The number of hydrogen-bond donors (Lipinski definition) is 0. The van der Waals surface area contributed by atoms with E-state index in [1.54, 1.807) is 0 Å². The third-order valence-electron chi connectivity index (χ3n) is 8.82. The number of aryl methyl sites for hydroxylation is 1. The SMILES string of the molecule is CCCCCC/C=C\COC(=O)CCCc1ccc(CN(CCCCCCCC(=O)OCCCCCCCCC)C(=O)SCCN(C)C)cc1. The quantitative estimate of drug-likeness (QED) is 0.0417. The first-order valence-electron chi connectivity index (χ1n) is 20.0. The molecule has 0 spiro atoms. The number of esters is 2. The van der Waals surface area contributed by atoms with Gasteiger partial charge in [-0.25, -0.2) is 0 Å². The van der Waals surface area contributed by atoms with Crippen LogP contribution in [0.5, 0.6) is 0 Å². The summed E-state index contributed by atoms with van der Waals surface area (Å²) in [4.78, 5) is 41.4. The zero-order valence-corrected chi connectivity index (χ0v) is 33.2. The number of hydrogen-bond acceptors (Lipinski definition) is 7. The molecule has 0 fully saturated rings.